The number of nitrogens with one attached hydrogen (secondary N) is 2. The molecular formula is C31H34N4O6. The van der Waals surface area contributed by atoms with Crippen molar-refractivity contribution in [2.75, 3.05) is 18.5 Å². The highest BCUT2D eigenvalue weighted by Gasteiger charge is 2.38. The Morgan fingerprint density at radius 2 is 1.83 bits per heavy atom. The van der Waals surface area contributed by atoms with Crippen molar-refractivity contribution in [1.82, 2.24) is 14.9 Å². The van der Waals surface area contributed by atoms with Crippen molar-refractivity contribution in [3.05, 3.63) is 95.8 Å². The second kappa shape index (κ2) is 12.9. The number of hydrogen-bond donors (Lipinski definition) is 3. The Hall–Kier alpha value is -4.25. The van der Waals surface area contributed by atoms with Gasteiger partial charge in [-0.1, -0.05) is 55.5 Å². The van der Waals surface area contributed by atoms with Crippen molar-refractivity contribution in [1.29, 1.82) is 0 Å². The van der Waals surface area contributed by atoms with Gasteiger partial charge in [0.25, 0.3) is 0 Å². The molecule has 1 aliphatic rings. The second-order valence-electron chi connectivity index (χ2n) is 9.95. The molecule has 3 aromatic carbocycles. The van der Waals surface area contributed by atoms with Crippen LogP contribution in [0.4, 0.5) is 10.5 Å². The third-order valence-corrected chi connectivity index (χ3v) is 7.14. The summed E-state index contributed by atoms with van der Waals surface area (Å²) < 4.78 is 20.1. The Morgan fingerprint density at radius 1 is 1.02 bits per heavy atom. The largest absolute Gasteiger partial charge is 0.465 e. The molecule has 2 heterocycles. The lowest BCUT2D eigenvalue weighted by atomic mass is 9.90. The van der Waals surface area contributed by atoms with Gasteiger partial charge in [-0.05, 0) is 42.3 Å². The molecule has 1 aromatic heterocycles. The molecule has 4 aromatic rings. The van der Waals surface area contributed by atoms with Gasteiger partial charge in [-0.25, -0.2) is 9.78 Å². The predicted molar refractivity (Wildman–Crippen MR) is 153 cm³/mol. The second-order valence-corrected chi connectivity index (χ2v) is 9.95. The van der Waals surface area contributed by atoms with Crippen LogP contribution in [0.3, 0.4) is 0 Å². The van der Waals surface area contributed by atoms with Crippen LogP contribution in [0, 0.1) is 5.92 Å². The maximum atomic E-state index is 12.4. The van der Waals surface area contributed by atoms with Crippen molar-refractivity contribution in [3.8, 4) is 0 Å². The number of aromatic nitrogens is 2. The summed E-state index contributed by atoms with van der Waals surface area (Å²) in [7, 11) is 0. The molecule has 0 aliphatic carbocycles. The number of fused-ring (bicyclic) bond motifs is 1. The van der Waals surface area contributed by atoms with E-state index in [1.54, 1.807) is 19.1 Å². The zero-order valence-corrected chi connectivity index (χ0v) is 23.0. The van der Waals surface area contributed by atoms with Gasteiger partial charge in [0.2, 0.25) is 0 Å². The third kappa shape index (κ3) is 6.74. The monoisotopic (exact) mass is 558 g/mol. The van der Waals surface area contributed by atoms with E-state index in [1.165, 1.54) is 0 Å². The first-order valence-corrected chi connectivity index (χ1v) is 13.7. The fourth-order valence-corrected chi connectivity index (χ4v) is 4.98. The Balaban J connectivity index is 1.38. The number of ether oxygens (including phenoxy) is 3. The summed E-state index contributed by atoms with van der Waals surface area (Å²) in [6.45, 7) is 4.37. The Morgan fingerprint density at radius 3 is 2.61 bits per heavy atom. The summed E-state index contributed by atoms with van der Waals surface area (Å²) in [6, 6.07) is 22.4. The highest BCUT2D eigenvalue weighted by molar-refractivity contribution is 5.91. The Labute approximate surface area is 238 Å². The number of hydrogen-bond acceptors (Lipinski definition) is 7. The quantitative estimate of drug-likeness (QED) is 0.254. The number of urea groups is 1. The molecule has 10 heteroatoms. The van der Waals surface area contributed by atoms with E-state index in [0.29, 0.717) is 12.2 Å². The van der Waals surface area contributed by atoms with E-state index in [2.05, 4.69) is 27.1 Å². The molecule has 1 saturated heterocycles. The number of esters is 1. The van der Waals surface area contributed by atoms with Crippen molar-refractivity contribution in [2.45, 2.75) is 45.5 Å². The van der Waals surface area contributed by atoms with Gasteiger partial charge >= 0.3 is 12.0 Å². The molecule has 41 heavy (non-hydrogen) atoms. The van der Waals surface area contributed by atoms with Gasteiger partial charge in [0, 0.05) is 17.2 Å². The van der Waals surface area contributed by atoms with Crippen LogP contribution >= 0.6 is 0 Å². The number of rotatable bonds is 9. The van der Waals surface area contributed by atoms with Gasteiger partial charge in [0.05, 0.1) is 49.3 Å². The molecule has 0 saturated carbocycles. The summed E-state index contributed by atoms with van der Waals surface area (Å²) in [5, 5.41) is 14.7. The van der Waals surface area contributed by atoms with Crippen molar-refractivity contribution in [2.24, 2.45) is 5.92 Å². The van der Waals surface area contributed by atoms with Gasteiger partial charge in [-0.15, -0.1) is 0 Å². The molecule has 1 aliphatic heterocycles. The van der Waals surface area contributed by atoms with Crippen LogP contribution in [-0.4, -0.2) is 45.9 Å². The first kappa shape index (κ1) is 28.3. The zero-order valence-electron chi connectivity index (χ0n) is 23.0. The molecule has 0 radical (unpaired) electrons. The van der Waals surface area contributed by atoms with Crippen LogP contribution in [0.2, 0.25) is 0 Å². The lowest BCUT2D eigenvalue weighted by Crippen LogP contribution is -2.39. The summed E-state index contributed by atoms with van der Waals surface area (Å²) >= 11 is 0. The lowest BCUT2D eigenvalue weighted by molar-refractivity contribution is -0.276. The standard InChI is InChI=1S/C31H34N4O6/c1-3-39-28(37)16-32-31(38)34-24-8-6-7-23(15-24)30-40-27(17-35-19-33-25-9-4-5-10-26(25)35)20(2)29(41-30)22-13-11-21(18-36)12-14-22/h4-15,19-20,27,29-30,36H,3,16-18H2,1-2H3,(H2,32,34,38)/t20-,27+,29+,30+/m1/s1. The number of carbonyl (C=O) groups is 2. The van der Waals surface area contributed by atoms with E-state index in [1.807, 2.05) is 67.0 Å². The van der Waals surface area contributed by atoms with Crippen LogP contribution in [0.15, 0.2) is 79.1 Å². The molecule has 4 atom stereocenters. The number of anilines is 1. The molecule has 3 N–H and O–H groups in total. The summed E-state index contributed by atoms with van der Waals surface area (Å²) in [5.41, 5.74) is 5.01. The molecule has 0 bridgehead atoms. The van der Waals surface area contributed by atoms with E-state index < -0.39 is 18.3 Å². The fraction of sp³-hybridized carbons (Fsp3) is 0.323. The maximum absolute atomic E-state index is 12.4. The molecule has 0 spiro atoms. The molecular weight excluding hydrogens is 524 g/mol. The molecule has 10 nitrogen and oxygen atoms in total. The van der Waals surface area contributed by atoms with Crippen LogP contribution in [0.5, 0.6) is 0 Å². The van der Waals surface area contributed by atoms with Gasteiger partial charge < -0.3 is 34.5 Å². The van der Waals surface area contributed by atoms with Gasteiger partial charge in [0.15, 0.2) is 6.29 Å². The fourth-order valence-electron chi connectivity index (χ4n) is 4.98. The SMILES string of the molecule is CCOC(=O)CNC(=O)Nc1cccc([C@H]2O[C@@H](Cn3cnc4ccccc43)[C@@H](C)[C@@H](c3ccc(CO)cc3)O2)c1. The summed E-state index contributed by atoms with van der Waals surface area (Å²) in [6.07, 6.45) is 0.609. The van der Waals surface area contributed by atoms with E-state index in [-0.39, 0.29) is 37.9 Å². The van der Waals surface area contributed by atoms with Gasteiger partial charge in [0.1, 0.15) is 6.54 Å². The van der Waals surface area contributed by atoms with Crippen molar-refractivity contribution >= 4 is 28.7 Å². The van der Waals surface area contributed by atoms with Crippen LogP contribution in [0.25, 0.3) is 11.0 Å². The predicted octanol–water partition coefficient (Wildman–Crippen LogP) is 4.70. The number of benzene rings is 3. The topological polar surface area (TPSA) is 124 Å². The molecule has 1 fully saturated rings. The zero-order chi connectivity index (χ0) is 28.8. The highest BCUT2D eigenvalue weighted by Crippen LogP contribution is 2.42. The van der Waals surface area contributed by atoms with Crippen LogP contribution in [-0.2, 0) is 32.2 Å². The average molecular weight is 559 g/mol. The van der Waals surface area contributed by atoms with E-state index >= 15 is 0 Å². The number of amides is 2. The minimum Gasteiger partial charge on any atom is -0.465 e. The highest BCUT2D eigenvalue weighted by atomic mass is 16.7. The van der Waals surface area contributed by atoms with Crippen molar-refractivity contribution in [3.63, 3.8) is 0 Å². The smallest absolute Gasteiger partial charge is 0.325 e. The maximum Gasteiger partial charge on any atom is 0.325 e. The molecule has 5 rings (SSSR count). The van der Waals surface area contributed by atoms with E-state index in [9.17, 15) is 14.7 Å². The number of carbonyl (C=O) groups excluding carboxylic acids is 2. The molecule has 214 valence electrons. The summed E-state index contributed by atoms with van der Waals surface area (Å²) in [5.74, 6) is -0.522. The van der Waals surface area contributed by atoms with Gasteiger partial charge in [-0.2, -0.15) is 0 Å². The first-order chi connectivity index (χ1) is 19.9. The minimum atomic E-state index is -0.710. The van der Waals surface area contributed by atoms with E-state index in [0.717, 1.165) is 27.7 Å². The minimum absolute atomic E-state index is 0.0117. The van der Waals surface area contributed by atoms with Crippen molar-refractivity contribution < 1.29 is 28.9 Å². The third-order valence-electron chi connectivity index (χ3n) is 7.14. The Kier molecular flexibility index (Phi) is 8.93. The number of aliphatic hydroxyl groups is 1. The number of imidazole rings is 1. The first-order valence-electron chi connectivity index (χ1n) is 13.7. The normalized spacial score (nSPS) is 20.5. The number of nitrogens with zero attached hydrogens (tertiary/aromatic N) is 2. The number of aliphatic hydroxyl groups excluding tert-OH is 1. The molecule has 2 amide bonds. The Bertz CT molecular complexity index is 1490. The number of para-hydroxylation sites is 2. The van der Waals surface area contributed by atoms with E-state index in [4.69, 9.17) is 14.2 Å². The van der Waals surface area contributed by atoms with Crippen LogP contribution in [0.1, 0.15) is 42.9 Å². The summed E-state index contributed by atoms with van der Waals surface area (Å²) in [4.78, 5) is 28.5. The lowest BCUT2D eigenvalue weighted by Gasteiger charge is -2.41. The van der Waals surface area contributed by atoms with Crippen LogP contribution < -0.4 is 10.6 Å². The average Bonchev–Trinajstić information content (AvgIpc) is 3.40. The molecule has 0 unspecified atom stereocenters. The van der Waals surface area contributed by atoms with Gasteiger partial charge in [-0.3, -0.25) is 4.79 Å².